The molecule has 71 heavy (non-hydrogen) atoms. The summed E-state index contributed by atoms with van der Waals surface area (Å²) in [7, 11) is 0. The second-order valence-corrected chi connectivity index (χ2v) is 18.0. The lowest BCUT2D eigenvalue weighted by Gasteiger charge is -2.08. The van der Waals surface area contributed by atoms with Crippen LogP contribution in [0.25, 0.3) is 0 Å². The van der Waals surface area contributed by atoms with Gasteiger partial charge in [0.05, 0.1) is 11.1 Å². The minimum Gasteiger partial charge on any atom is -0.508 e. The van der Waals surface area contributed by atoms with Crippen molar-refractivity contribution in [2.75, 3.05) is 18.5 Å². The second kappa shape index (κ2) is 36.2. The largest absolute Gasteiger partial charge is 0.508 e. The van der Waals surface area contributed by atoms with E-state index in [2.05, 4.69) is 115 Å². The molecule has 8 nitrogen and oxygen atoms in total. The van der Waals surface area contributed by atoms with Crippen molar-refractivity contribution >= 4 is 27.9 Å². The predicted molar refractivity (Wildman–Crippen MR) is 298 cm³/mol. The molecule has 0 heterocycles. The average Bonchev–Trinajstić information content (AvgIpc) is 3.33. The Balaban J connectivity index is 0.000000340. The lowest BCUT2D eigenvalue weighted by Crippen LogP contribution is -2.08. The van der Waals surface area contributed by atoms with Gasteiger partial charge in [-0.3, -0.25) is 0 Å². The molecule has 2 N–H and O–H groups in total. The van der Waals surface area contributed by atoms with Crippen molar-refractivity contribution in [3.05, 3.63) is 214 Å². The topological polar surface area (TPSA) is 112 Å². The molecular weight excluding hydrogens is 953 g/mol. The summed E-state index contributed by atoms with van der Waals surface area (Å²) in [5.41, 5.74) is 9.21. The van der Waals surface area contributed by atoms with Gasteiger partial charge in [-0.1, -0.05) is 128 Å². The normalized spacial score (nSPS) is 10.8. The van der Waals surface area contributed by atoms with E-state index in [0.29, 0.717) is 47.3 Å². The molecule has 5 rings (SSSR count). The summed E-state index contributed by atoms with van der Waals surface area (Å²) in [4.78, 5) is 23.7. The highest BCUT2D eigenvalue weighted by atomic mass is 79.9. The fourth-order valence-electron chi connectivity index (χ4n) is 5.99. The van der Waals surface area contributed by atoms with Crippen molar-refractivity contribution in [2.24, 2.45) is 0 Å². The molecule has 0 aliphatic heterocycles. The lowest BCUT2D eigenvalue weighted by molar-refractivity contribution is 0.0724. The van der Waals surface area contributed by atoms with Crippen molar-refractivity contribution in [1.82, 2.24) is 0 Å². The number of ether oxygens (including phenoxy) is 4. The van der Waals surface area contributed by atoms with E-state index in [9.17, 15) is 19.8 Å². The Morgan fingerprint density at radius 1 is 0.423 bits per heavy atom. The second-order valence-electron chi connectivity index (χ2n) is 17.4. The quantitative estimate of drug-likeness (QED) is 0.0343. The van der Waals surface area contributed by atoms with Gasteiger partial charge in [-0.2, -0.15) is 0 Å². The van der Waals surface area contributed by atoms with Crippen LogP contribution in [0, 0.1) is 0 Å². The van der Waals surface area contributed by atoms with Gasteiger partial charge in [-0.15, -0.1) is 0 Å². The van der Waals surface area contributed by atoms with Crippen LogP contribution in [0.4, 0.5) is 0 Å². The van der Waals surface area contributed by atoms with E-state index in [-0.39, 0.29) is 17.5 Å². The number of aromatic hydroxyl groups is 2. The molecule has 5 aromatic carbocycles. The predicted octanol–water partition coefficient (Wildman–Crippen LogP) is 17.1. The fourth-order valence-corrected chi connectivity index (χ4v) is 6.54. The smallest absolute Gasteiger partial charge is 0.343 e. The van der Waals surface area contributed by atoms with Crippen LogP contribution in [-0.2, 0) is 0 Å². The molecule has 0 aliphatic rings. The molecular formula is C62H75BrO8. The van der Waals surface area contributed by atoms with Gasteiger partial charge in [-0.05, 0) is 174 Å². The molecule has 0 saturated heterocycles. The van der Waals surface area contributed by atoms with Crippen LogP contribution in [0.2, 0.25) is 0 Å². The Morgan fingerprint density at radius 3 is 1.14 bits per heavy atom. The Labute approximate surface area is 432 Å². The zero-order valence-corrected chi connectivity index (χ0v) is 44.8. The molecule has 0 amide bonds. The summed E-state index contributed by atoms with van der Waals surface area (Å²) >= 11 is 3.38. The van der Waals surface area contributed by atoms with E-state index in [4.69, 9.17) is 18.9 Å². The van der Waals surface area contributed by atoms with Gasteiger partial charge in [0.25, 0.3) is 0 Å². The molecule has 0 bridgehead atoms. The molecule has 0 radical (unpaired) electrons. The van der Waals surface area contributed by atoms with E-state index in [0.717, 1.165) is 31.0 Å². The number of esters is 2. The first-order valence-corrected chi connectivity index (χ1v) is 25.1. The number of phenols is 2. The van der Waals surface area contributed by atoms with Crippen LogP contribution in [0.1, 0.15) is 122 Å². The SMILES string of the molecule is CC(C)=CCC/C(C)=C/CBr.CC(C)=CCC/C(C)=C/COc1cccc(O)c1.CC(C)=CCC/C(C)=C/COc1cccc(OC(=O)c2ccccc2)c1.O=C(Oc1cccc(O)c1)c1ccccc1. The van der Waals surface area contributed by atoms with Gasteiger partial charge in [0.2, 0.25) is 0 Å². The molecule has 0 aromatic heterocycles. The molecule has 0 fully saturated rings. The summed E-state index contributed by atoms with van der Waals surface area (Å²) < 4.78 is 21.8. The van der Waals surface area contributed by atoms with Gasteiger partial charge in [-0.25, -0.2) is 9.59 Å². The van der Waals surface area contributed by atoms with E-state index in [1.807, 2.05) is 42.5 Å². The van der Waals surface area contributed by atoms with E-state index >= 15 is 0 Å². The third kappa shape index (κ3) is 30.4. The summed E-state index contributed by atoms with van der Waals surface area (Å²) in [5.74, 6) is 1.66. The zero-order chi connectivity index (χ0) is 52.2. The Morgan fingerprint density at radius 2 is 0.761 bits per heavy atom. The number of phenolic OH excluding ortho intramolecular Hbond substituents is 2. The number of hydrogen-bond donors (Lipinski definition) is 2. The standard InChI is InChI=1S/C23H26O3.C16H22O2.C13H10O3.C10H17Br/c1-18(2)9-7-10-19(3)15-16-25-21-13-8-14-22(17-21)26-23(24)20-11-5-4-6-12-20;1-13(2)6-4-7-14(3)10-11-18-16-9-5-8-15(17)12-16;14-11-7-4-8-12(9-11)16-13(15)10-5-2-1-3-6-10;1-9(2)5-4-6-10(3)7-8-11/h4-6,8-9,11-15,17H,7,10,16H2,1-3H3;5-6,8-10,12,17H,4,7,11H2,1-3H3;1-9,14H;5,7H,4,6,8H2,1-3H3/b19-15+;14-10+;;10-7+. The van der Waals surface area contributed by atoms with Crippen LogP contribution >= 0.6 is 15.9 Å². The number of halogens is 1. The molecule has 9 heteroatoms. The molecule has 0 unspecified atom stereocenters. The Bertz CT molecular complexity index is 2500. The third-order valence-corrected chi connectivity index (χ3v) is 10.3. The molecule has 0 aliphatic carbocycles. The summed E-state index contributed by atoms with van der Waals surface area (Å²) in [6.45, 7) is 20.2. The Hall–Kier alpha value is -6.84. The van der Waals surface area contributed by atoms with Gasteiger partial charge < -0.3 is 29.2 Å². The van der Waals surface area contributed by atoms with Gasteiger partial charge in [0, 0.05) is 23.5 Å². The zero-order valence-electron chi connectivity index (χ0n) is 43.3. The number of rotatable bonds is 20. The number of hydrogen-bond acceptors (Lipinski definition) is 8. The van der Waals surface area contributed by atoms with Crippen molar-refractivity contribution in [3.63, 3.8) is 0 Å². The minimum atomic E-state index is -0.439. The van der Waals surface area contributed by atoms with Gasteiger partial charge in [0.15, 0.2) is 0 Å². The first-order chi connectivity index (χ1) is 34.0. The van der Waals surface area contributed by atoms with E-state index in [1.165, 1.54) is 58.4 Å². The van der Waals surface area contributed by atoms with Crippen LogP contribution in [-0.4, -0.2) is 40.7 Å². The minimum absolute atomic E-state index is 0.0679. The van der Waals surface area contributed by atoms with Gasteiger partial charge >= 0.3 is 11.9 Å². The first kappa shape index (κ1) is 60.3. The number of carbonyl (C=O) groups excluding carboxylic acids is 2. The van der Waals surface area contributed by atoms with Crippen LogP contribution < -0.4 is 18.9 Å². The summed E-state index contributed by atoms with van der Waals surface area (Å²) in [5, 5.41) is 19.5. The molecule has 5 aromatic rings. The number of allylic oxidation sites excluding steroid dienone is 10. The number of benzene rings is 5. The fraction of sp³-hybridized carbons (Fsp3) is 0.290. The van der Waals surface area contributed by atoms with Gasteiger partial charge in [0.1, 0.15) is 47.7 Å². The highest BCUT2D eigenvalue weighted by molar-refractivity contribution is 9.09. The number of carbonyl (C=O) groups is 2. The lowest BCUT2D eigenvalue weighted by atomic mass is 10.1. The first-order valence-electron chi connectivity index (χ1n) is 24.0. The van der Waals surface area contributed by atoms with E-state index in [1.54, 1.807) is 78.9 Å². The monoisotopic (exact) mass is 1030 g/mol. The highest BCUT2D eigenvalue weighted by Crippen LogP contribution is 2.22. The van der Waals surface area contributed by atoms with Crippen LogP contribution in [0.3, 0.4) is 0 Å². The van der Waals surface area contributed by atoms with Crippen LogP contribution in [0.15, 0.2) is 203 Å². The van der Waals surface area contributed by atoms with Crippen molar-refractivity contribution in [3.8, 4) is 34.5 Å². The van der Waals surface area contributed by atoms with Crippen molar-refractivity contribution in [2.45, 2.75) is 101 Å². The van der Waals surface area contributed by atoms with Crippen LogP contribution in [0.5, 0.6) is 34.5 Å². The molecule has 0 spiro atoms. The maximum Gasteiger partial charge on any atom is 0.343 e. The maximum atomic E-state index is 12.1. The number of alkyl halides is 1. The molecule has 0 saturated carbocycles. The maximum absolute atomic E-state index is 12.1. The van der Waals surface area contributed by atoms with E-state index < -0.39 is 5.97 Å². The third-order valence-electron chi connectivity index (χ3n) is 9.94. The van der Waals surface area contributed by atoms with Crippen molar-refractivity contribution in [1.29, 1.82) is 0 Å². The summed E-state index contributed by atoms with van der Waals surface area (Å²) in [6, 6.07) is 37.8. The Kier molecular flexibility index (Phi) is 30.7. The molecule has 378 valence electrons. The average molecular weight is 1030 g/mol. The van der Waals surface area contributed by atoms with Crippen molar-refractivity contribution < 1.29 is 38.7 Å². The molecule has 0 atom stereocenters. The highest BCUT2D eigenvalue weighted by Gasteiger charge is 2.09. The summed E-state index contributed by atoms with van der Waals surface area (Å²) in [6.07, 6.45) is 19.8.